The topological polar surface area (TPSA) is 80.3 Å². The highest BCUT2D eigenvalue weighted by molar-refractivity contribution is 5.84. The minimum absolute atomic E-state index is 0.0573. The molecule has 6 heteroatoms. The molecular formula is C32H39N3O3. The first-order chi connectivity index (χ1) is 18.6. The van der Waals surface area contributed by atoms with Crippen molar-refractivity contribution in [3.63, 3.8) is 0 Å². The molecule has 0 saturated heterocycles. The van der Waals surface area contributed by atoms with Gasteiger partial charge in [-0.05, 0) is 53.2 Å². The van der Waals surface area contributed by atoms with Crippen molar-refractivity contribution in [2.45, 2.75) is 32.3 Å². The van der Waals surface area contributed by atoms with Crippen LogP contribution in [0.15, 0.2) is 91.3 Å². The van der Waals surface area contributed by atoms with E-state index in [2.05, 4.69) is 34.7 Å². The highest BCUT2D eigenvalue weighted by Gasteiger charge is 2.09. The number of ether oxygens (including phenoxy) is 1. The first-order valence-electron chi connectivity index (χ1n) is 12.9. The lowest BCUT2D eigenvalue weighted by Gasteiger charge is -2.12. The van der Waals surface area contributed by atoms with Gasteiger partial charge >= 0.3 is 0 Å². The molecule has 4 rings (SSSR count). The molecular weight excluding hydrogens is 474 g/mol. The van der Waals surface area contributed by atoms with E-state index in [0.29, 0.717) is 19.6 Å². The monoisotopic (exact) mass is 513 g/mol. The molecule has 1 unspecified atom stereocenters. The second-order valence-electron chi connectivity index (χ2n) is 8.67. The molecule has 0 aliphatic carbocycles. The van der Waals surface area contributed by atoms with E-state index in [1.54, 1.807) is 7.11 Å². The second kappa shape index (κ2) is 18.4. The molecule has 3 aromatic carbocycles. The third kappa shape index (κ3) is 11.0. The van der Waals surface area contributed by atoms with Crippen molar-refractivity contribution in [2.24, 2.45) is 0 Å². The van der Waals surface area contributed by atoms with Gasteiger partial charge in [0, 0.05) is 50.6 Å². The Labute approximate surface area is 226 Å². The standard InChI is InChI=1S/C14H21NO2.C10H10N2.C8H8O/c1-3-8-15-9-14(10-16)13-6-4-12(5-7-13)11-17-2;1-11-10-3-2-9-7-12-5-4-8(9)6-10;9-7-6-8-4-2-1-3-5-8/h4-7,10,14-15H,3,8-9,11H2,1-2H3;2-7,11H,1H3;1-5,7H,6H2. The first kappa shape index (κ1) is 30.4. The molecule has 1 aromatic heterocycles. The summed E-state index contributed by atoms with van der Waals surface area (Å²) in [6.45, 7) is 4.38. The molecule has 0 radical (unpaired) electrons. The number of fused-ring (bicyclic) bond motifs is 1. The van der Waals surface area contributed by atoms with E-state index >= 15 is 0 Å². The number of aldehydes is 2. The number of pyridine rings is 1. The number of nitrogens with one attached hydrogen (secondary N) is 2. The van der Waals surface area contributed by atoms with Crippen LogP contribution >= 0.6 is 0 Å². The van der Waals surface area contributed by atoms with Crippen LogP contribution in [0, 0.1) is 0 Å². The SMILES string of the molecule is CCCNCC(C=O)c1ccc(COC)cc1.CNc1ccc2cnccc2c1.O=CCc1ccccc1. The Morgan fingerprint density at radius 3 is 2.32 bits per heavy atom. The Morgan fingerprint density at radius 1 is 0.921 bits per heavy atom. The summed E-state index contributed by atoms with van der Waals surface area (Å²) in [7, 11) is 3.60. The zero-order valence-electron chi connectivity index (χ0n) is 22.6. The smallest absolute Gasteiger partial charge is 0.128 e. The van der Waals surface area contributed by atoms with Crippen LogP contribution < -0.4 is 10.6 Å². The zero-order valence-corrected chi connectivity index (χ0v) is 22.6. The van der Waals surface area contributed by atoms with E-state index in [4.69, 9.17) is 4.74 Å². The number of rotatable bonds is 11. The Bertz CT molecular complexity index is 1200. The van der Waals surface area contributed by atoms with Crippen molar-refractivity contribution in [3.05, 3.63) is 108 Å². The highest BCUT2D eigenvalue weighted by Crippen LogP contribution is 2.17. The summed E-state index contributed by atoms with van der Waals surface area (Å²) in [5.74, 6) is -0.0573. The van der Waals surface area contributed by atoms with Gasteiger partial charge in [-0.15, -0.1) is 0 Å². The summed E-state index contributed by atoms with van der Waals surface area (Å²) in [6.07, 6.45) is 7.21. The lowest BCUT2D eigenvalue weighted by molar-refractivity contribution is -0.109. The maximum Gasteiger partial charge on any atom is 0.128 e. The molecule has 0 bridgehead atoms. The zero-order chi connectivity index (χ0) is 27.4. The average Bonchev–Trinajstić information content (AvgIpc) is 2.97. The van der Waals surface area contributed by atoms with Crippen LogP contribution in [-0.2, 0) is 27.4 Å². The molecule has 4 aromatic rings. The van der Waals surface area contributed by atoms with E-state index in [1.807, 2.05) is 86.2 Å². The van der Waals surface area contributed by atoms with Crippen LogP contribution in [0.2, 0.25) is 0 Å². The Kier molecular flexibility index (Phi) is 14.7. The number of aromatic nitrogens is 1. The summed E-state index contributed by atoms with van der Waals surface area (Å²) < 4.78 is 5.05. The third-order valence-corrected chi connectivity index (χ3v) is 5.77. The number of hydrogen-bond acceptors (Lipinski definition) is 6. The molecule has 0 spiro atoms. The van der Waals surface area contributed by atoms with E-state index in [1.165, 1.54) is 10.8 Å². The van der Waals surface area contributed by atoms with Crippen LogP contribution in [-0.4, -0.2) is 44.8 Å². The van der Waals surface area contributed by atoms with Crippen LogP contribution in [0.4, 0.5) is 5.69 Å². The van der Waals surface area contributed by atoms with Gasteiger partial charge in [-0.3, -0.25) is 4.98 Å². The van der Waals surface area contributed by atoms with Crippen LogP contribution in [0.3, 0.4) is 0 Å². The van der Waals surface area contributed by atoms with Gasteiger partial charge in [0.25, 0.3) is 0 Å². The molecule has 0 fully saturated rings. The van der Waals surface area contributed by atoms with E-state index < -0.39 is 0 Å². The molecule has 0 amide bonds. The van der Waals surface area contributed by atoms with Gasteiger partial charge in [-0.2, -0.15) is 0 Å². The third-order valence-electron chi connectivity index (χ3n) is 5.77. The van der Waals surface area contributed by atoms with Gasteiger partial charge in [0.15, 0.2) is 0 Å². The van der Waals surface area contributed by atoms with Crippen molar-refractivity contribution in [3.8, 4) is 0 Å². The number of methoxy groups -OCH3 is 1. The maximum atomic E-state index is 11.0. The first-order valence-corrected chi connectivity index (χ1v) is 12.9. The van der Waals surface area contributed by atoms with Gasteiger partial charge in [0.2, 0.25) is 0 Å². The Morgan fingerprint density at radius 2 is 1.68 bits per heavy atom. The number of anilines is 1. The van der Waals surface area contributed by atoms with Gasteiger partial charge in [-0.25, -0.2) is 0 Å². The van der Waals surface area contributed by atoms with E-state index in [-0.39, 0.29) is 5.92 Å². The van der Waals surface area contributed by atoms with Crippen molar-refractivity contribution in [2.75, 3.05) is 32.6 Å². The van der Waals surface area contributed by atoms with Crippen molar-refractivity contribution < 1.29 is 14.3 Å². The predicted octanol–water partition coefficient (Wildman–Crippen LogP) is 5.82. The van der Waals surface area contributed by atoms with Gasteiger partial charge < -0.3 is 25.0 Å². The average molecular weight is 514 g/mol. The predicted molar refractivity (Wildman–Crippen MR) is 157 cm³/mol. The normalized spacial score (nSPS) is 10.8. The quantitative estimate of drug-likeness (QED) is 0.194. The van der Waals surface area contributed by atoms with E-state index in [0.717, 1.165) is 47.9 Å². The molecule has 0 aliphatic heterocycles. The molecule has 38 heavy (non-hydrogen) atoms. The highest BCUT2D eigenvalue weighted by atomic mass is 16.5. The molecule has 200 valence electrons. The van der Waals surface area contributed by atoms with E-state index in [9.17, 15) is 9.59 Å². The number of carbonyl (C=O) groups is 2. The summed E-state index contributed by atoms with van der Waals surface area (Å²) in [4.78, 5) is 25.1. The van der Waals surface area contributed by atoms with Crippen LogP contribution in [0.1, 0.15) is 36.0 Å². The summed E-state index contributed by atoms with van der Waals surface area (Å²) in [6, 6.07) is 25.9. The van der Waals surface area contributed by atoms with Crippen LogP contribution in [0.25, 0.3) is 10.8 Å². The molecule has 0 saturated carbocycles. The fourth-order valence-electron chi connectivity index (χ4n) is 3.66. The Hall–Kier alpha value is -3.87. The van der Waals surface area contributed by atoms with Gasteiger partial charge in [-0.1, -0.05) is 67.6 Å². The Balaban J connectivity index is 0.000000211. The fourth-order valence-corrected chi connectivity index (χ4v) is 3.66. The minimum Gasteiger partial charge on any atom is -0.388 e. The molecule has 6 nitrogen and oxygen atoms in total. The summed E-state index contributed by atoms with van der Waals surface area (Å²) in [5.41, 5.74) is 4.40. The lowest BCUT2D eigenvalue weighted by Crippen LogP contribution is -2.23. The number of benzene rings is 3. The summed E-state index contributed by atoms with van der Waals surface area (Å²) >= 11 is 0. The van der Waals surface area contributed by atoms with Gasteiger partial charge in [0.1, 0.15) is 12.6 Å². The largest absolute Gasteiger partial charge is 0.388 e. The van der Waals surface area contributed by atoms with Crippen molar-refractivity contribution >= 4 is 29.0 Å². The van der Waals surface area contributed by atoms with Crippen molar-refractivity contribution in [1.82, 2.24) is 10.3 Å². The molecule has 0 aliphatic rings. The number of hydrogen-bond donors (Lipinski definition) is 2. The molecule has 2 N–H and O–H groups in total. The molecule has 1 heterocycles. The number of carbonyl (C=O) groups excluding carboxylic acids is 2. The fraction of sp³-hybridized carbons (Fsp3) is 0.281. The maximum absolute atomic E-state index is 11.0. The van der Waals surface area contributed by atoms with Gasteiger partial charge in [0.05, 0.1) is 12.5 Å². The second-order valence-corrected chi connectivity index (χ2v) is 8.67. The summed E-state index contributed by atoms with van der Waals surface area (Å²) in [5, 5.41) is 8.76. The number of nitrogens with zero attached hydrogens (tertiary/aromatic N) is 1. The minimum atomic E-state index is -0.0573. The molecule has 1 atom stereocenters. The van der Waals surface area contributed by atoms with Crippen LogP contribution in [0.5, 0.6) is 0 Å². The lowest BCUT2D eigenvalue weighted by atomic mass is 9.99. The van der Waals surface area contributed by atoms with Crippen molar-refractivity contribution in [1.29, 1.82) is 0 Å².